The Balaban J connectivity index is 1.92. The van der Waals surface area contributed by atoms with E-state index in [0.29, 0.717) is 18.1 Å². The smallest absolute Gasteiger partial charge is 0.122 e. The molecule has 0 aliphatic heterocycles. The Bertz CT molecular complexity index is 605. The fourth-order valence-electron chi connectivity index (χ4n) is 2.14. The van der Waals surface area contributed by atoms with Gasteiger partial charge in [0.15, 0.2) is 0 Å². The van der Waals surface area contributed by atoms with E-state index in [9.17, 15) is 5.11 Å². The number of aliphatic hydroxyl groups excluding tert-OH is 1. The molecular formula is C16H21ClN2O2S. The first-order valence-corrected chi connectivity index (χ1v) is 8.34. The van der Waals surface area contributed by atoms with Crippen LogP contribution in [0.15, 0.2) is 29.6 Å². The molecule has 1 heterocycles. The highest BCUT2D eigenvalue weighted by Crippen LogP contribution is 2.22. The van der Waals surface area contributed by atoms with Crippen LogP contribution in [0.2, 0.25) is 5.02 Å². The molecule has 2 aromatic rings. The molecule has 0 bridgehead atoms. The molecule has 6 heteroatoms. The molecule has 2 unspecified atom stereocenters. The average Bonchev–Trinajstić information content (AvgIpc) is 2.94. The van der Waals surface area contributed by atoms with Crippen molar-refractivity contribution in [1.29, 1.82) is 0 Å². The van der Waals surface area contributed by atoms with Gasteiger partial charge in [-0.15, -0.1) is 11.3 Å². The normalized spacial score (nSPS) is 14.3. The Morgan fingerprint density at radius 2 is 2.23 bits per heavy atom. The molecule has 0 saturated carbocycles. The van der Waals surface area contributed by atoms with Gasteiger partial charge in [0.2, 0.25) is 0 Å². The highest BCUT2D eigenvalue weighted by molar-refractivity contribution is 7.09. The highest BCUT2D eigenvalue weighted by atomic mass is 35.5. The van der Waals surface area contributed by atoms with Crippen molar-refractivity contribution in [2.75, 3.05) is 20.7 Å². The number of aliphatic hydroxyl groups is 1. The molecule has 0 aliphatic rings. The van der Waals surface area contributed by atoms with Gasteiger partial charge in [0.05, 0.1) is 11.8 Å². The molecular weight excluding hydrogens is 320 g/mol. The standard InChI is InChI=1S/C16H21ClN2O2S/c1-11(21-3)16-18-14(10-22-16)8-19(2)9-15(20)12-5-4-6-13(17)7-12/h4-7,10-11,15,20H,8-9H2,1-3H3. The van der Waals surface area contributed by atoms with Crippen molar-refractivity contribution in [3.63, 3.8) is 0 Å². The van der Waals surface area contributed by atoms with E-state index < -0.39 is 6.10 Å². The Labute approximate surface area is 140 Å². The van der Waals surface area contributed by atoms with Crippen LogP contribution in [0.4, 0.5) is 0 Å². The van der Waals surface area contributed by atoms with Gasteiger partial charge in [0.1, 0.15) is 11.1 Å². The van der Waals surface area contributed by atoms with Crippen molar-refractivity contribution in [2.45, 2.75) is 25.7 Å². The summed E-state index contributed by atoms with van der Waals surface area (Å²) in [6, 6.07) is 7.32. The molecule has 2 atom stereocenters. The van der Waals surface area contributed by atoms with E-state index in [1.807, 2.05) is 36.4 Å². The summed E-state index contributed by atoms with van der Waals surface area (Å²) >= 11 is 7.55. The van der Waals surface area contributed by atoms with E-state index in [-0.39, 0.29) is 6.10 Å². The number of ether oxygens (including phenoxy) is 1. The van der Waals surface area contributed by atoms with Crippen LogP contribution in [0.5, 0.6) is 0 Å². The zero-order chi connectivity index (χ0) is 16.1. The molecule has 0 fully saturated rings. The summed E-state index contributed by atoms with van der Waals surface area (Å²) in [4.78, 5) is 6.61. The van der Waals surface area contributed by atoms with Crippen molar-refractivity contribution in [1.82, 2.24) is 9.88 Å². The predicted octanol–water partition coefficient (Wildman–Crippen LogP) is 3.67. The minimum atomic E-state index is -0.570. The monoisotopic (exact) mass is 340 g/mol. The summed E-state index contributed by atoms with van der Waals surface area (Å²) in [5.41, 5.74) is 1.82. The second-order valence-electron chi connectivity index (χ2n) is 5.32. The van der Waals surface area contributed by atoms with Gasteiger partial charge in [-0.05, 0) is 31.7 Å². The van der Waals surface area contributed by atoms with Crippen LogP contribution in [0.1, 0.15) is 35.4 Å². The number of methoxy groups -OCH3 is 1. The molecule has 120 valence electrons. The molecule has 0 spiro atoms. The first kappa shape index (κ1) is 17.4. The minimum Gasteiger partial charge on any atom is -0.387 e. The third kappa shape index (κ3) is 4.76. The maximum Gasteiger partial charge on any atom is 0.122 e. The van der Waals surface area contributed by atoms with Crippen LogP contribution in [0.3, 0.4) is 0 Å². The lowest BCUT2D eigenvalue weighted by Gasteiger charge is -2.20. The van der Waals surface area contributed by atoms with E-state index in [1.54, 1.807) is 30.6 Å². The zero-order valence-electron chi connectivity index (χ0n) is 13.0. The van der Waals surface area contributed by atoms with Gasteiger partial charge in [0, 0.05) is 30.6 Å². The van der Waals surface area contributed by atoms with Crippen molar-refractivity contribution >= 4 is 22.9 Å². The lowest BCUT2D eigenvalue weighted by molar-refractivity contribution is 0.117. The third-order valence-electron chi connectivity index (χ3n) is 3.42. The molecule has 0 amide bonds. The Hall–Kier alpha value is -0.980. The van der Waals surface area contributed by atoms with E-state index in [0.717, 1.165) is 16.3 Å². The maximum atomic E-state index is 10.3. The predicted molar refractivity (Wildman–Crippen MR) is 90.3 cm³/mol. The number of rotatable bonds is 7. The quantitative estimate of drug-likeness (QED) is 0.835. The van der Waals surface area contributed by atoms with Gasteiger partial charge in [-0.2, -0.15) is 0 Å². The topological polar surface area (TPSA) is 45.6 Å². The number of aromatic nitrogens is 1. The summed E-state index contributed by atoms with van der Waals surface area (Å²) in [5, 5.41) is 13.9. The Morgan fingerprint density at radius 1 is 1.45 bits per heavy atom. The van der Waals surface area contributed by atoms with Gasteiger partial charge in [0.25, 0.3) is 0 Å². The summed E-state index contributed by atoms with van der Waals surface area (Å²) in [7, 11) is 3.64. The largest absolute Gasteiger partial charge is 0.387 e. The first-order chi connectivity index (χ1) is 10.5. The lowest BCUT2D eigenvalue weighted by atomic mass is 10.1. The number of likely N-dealkylation sites (N-methyl/N-ethyl adjacent to an activating group) is 1. The molecule has 1 N–H and O–H groups in total. The molecule has 0 radical (unpaired) electrons. The van der Waals surface area contributed by atoms with E-state index >= 15 is 0 Å². The van der Waals surface area contributed by atoms with Crippen LogP contribution in [-0.4, -0.2) is 35.7 Å². The van der Waals surface area contributed by atoms with Crippen LogP contribution in [0.25, 0.3) is 0 Å². The highest BCUT2D eigenvalue weighted by Gasteiger charge is 2.14. The van der Waals surface area contributed by atoms with Crippen molar-refractivity contribution < 1.29 is 9.84 Å². The van der Waals surface area contributed by atoms with Crippen LogP contribution in [-0.2, 0) is 11.3 Å². The molecule has 0 saturated heterocycles. The summed E-state index contributed by atoms with van der Waals surface area (Å²) in [6.45, 7) is 3.19. The van der Waals surface area contributed by atoms with Gasteiger partial charge >= 0.3 is 0 Å². The molecule has 1 aromatic heterocycles. The second-order valence-corrected chi connectivity index (χ2v) is 6.65. The Kier molecular flexibility index (Phi) is 6.35. The zero-order valence-corrected chi connectivity index (χ0v) is 14.6. The van der Waals surface area contributed by atoms with Crippen molar-refractivity contribution in [2.24, 2.45) is 0 Å². The SMILES string of the molecule is COC(C)c1nc(CN(C)CC(O)c2cccc(Cl)c2)cs1. The molecule has 0 aliphatic carbocycles. The summed E-state index contributed by atoms with van der Waals surface area (Å²) < 4.78 is 5.27. The third-order valence-corrected chi connectivity index (χ3v) is 4.71. The van der Waals surface area contributed by atoms with Gasteiger partial charge in [-0.1, -0.05) is 23.7 Å². The Morgan fingerprint density at radius 3 is 2.91 bits per heavy atom. The van der Waals surface area contributed by atoms with Crippen LogP contribution in [0, 0.1) is 0 Å². The number of halogens is 1. The number of benzene rings is 1. The molecule has 2 rings (SSSR count). The molecule has 1 aromatic carbocycles. The van der Waals surface area contributed by atoms with Crippen LogP contribution < -0.4 is 0 Å². The summed E-state index contributed by atoms with van der Waals surface area (Å²) in [5.74, 6) is 0. The lowest BCUT2D eigenvalue weighted by Crippen LogP contribution is -2.24. The number of nitrogens with zero attached hydrogens (tertiary/aromatic N) is 2. The van der Waals surface area contributed by atoms with Crippen molar-refractivity contribution in [3.05, 3.63) is 50.9 Å². The fraction of sp³-hybridized carbons (Fsp3) is 0.438. The van der Waals surface area contributed by atoms with E-state index in [1.165, 1.54) is 0 Å². The van der Waals surface area contributed by atoms with Gasteiger partial charge < -0.3 is 9.84 Å². The van der Waals surface area contributed by atoms with E-state index in [4.69, 9.17) is 16.3 Å². The molecule has 22 heavy (non-hydrogen) atoms. The number of thiazole rings is 1. The number of hydrogen-bond acceptors (Lipinski definition) is 5. The van der Waals surface area contributed by atoms with Gasteiger partial charge in [-0.3, -0.25) is 4.90 Å². The molecule has 4 nitrogen and oxygen atoms in total. The van der Waals surface area contributed by atoms with Crippen molar-refractivity contribution in [3.8, 4) is 0 Å². The number of hydrogen-bond donors (Lipinski definition) is 1. The van der Waals surface area contributed by atoms with Crippen LogP contribution >= 0.6 is 22.9 Å². The first-order valence-electron chi connectivity index (χ1n) is 7.08. The van der Waals surface area contributed by atoms with E-state index in [2.05, 4.69) is 4.98 Å². The average molecular weight is 341 g/mol. The fourth-order valence-corrected chi connectivity index (χ4v) is 3.18. The second kappa shape index (κ2) is 8.04. The summed E-state index contributed by atoms with van der Waals surface area (Å²) in [6.07, 6.45) is -0.555. The van der Waals surface area contributed by atoms with Gasteiger partial charge in [-0.25, -0.2) is 4.98 Å². The maximum absolute atomic E-state index is 10.3. The minimum absolute atomic E-state index is 0.0149.